The molecule has 3 fully saturated rings. The second-order valence-electron chi connectivity index (χ2n) is 4.51. The van der Waals surface area contributed by atoms with Gasteiger partial charge in [0, 0.05) is 18.6 Å². The van der Waals surface area contributed by atoms with Gasteiger partial charge in [0.05, 0.1) is 0 Å². The number of hydrogen-bond acceptors (Lipinski definition) is 2. The van der Waals surface area contributed by atoms with Gasteiger partial charge in [0.15, 0.2) is 0 Å². The van der Waals surface area contributed by atoms with Gasteiger partial charge in [-0.05, 0) is 37.0 Å². The average molecular weight is 152 g/mol. The van der Waals surface area contributed by atoms with Crippen molar-refractivity contribution in [2.75, 3.05) is 6.54 Å². The fourth-order valence-corrected chi connectivity index (χ4v) is 3.66. The molecule has 0 amide bonds. The summed E-state index contributed by atoms with van der Waals surface area (Å²) < 4.78 is 0. The molecule has 2 bridgehead atoms. The van der Waals surface area contributed by atoms with E-state index in [1.807, 2.05) is 0 Å². The molecule has 1 saturated heterocycles. The van der Waals surface area contributed by atoms with Gasteiger partial charge in [-0.3, -0.25) is 0 Å². The largest absolute Gasteiger partial charge is 0.326 e. The molecule has 2 nitrogen and oxygen atoms in total. The standard InChI is InChI=1S/C9H16N2/c10-7-4-11-9-6-2-1-5(3-6)8(7)9/h5-9,11H,1-4,10H2/t5-,6+,7+,8-,9-/m0/s1. The predicted octanol–water partition coefficient (Wildman–Crippen LogP) is 0.332. The third kappa shape index (κ3) is 0.695. The van der Waals surface area contributed by atoms with Crippen LogP contribution in [0.1, 0.15) is 19.3 Å². The lowest BCUT2D eigenvalue weighted by Gasteiger charge is -2.26. The first-order chi connectivity index (χ1) is 5.36. The van der Waals surface area contributed by atoms with Crippen molar-refractivity contribution in [1.29, 1.82) is 0 Å². The summed E-state index contributed by atoms with van der Waals surface area (Å²) >= 11 is 0. The van der Waals surface area contributed by atoms with Gasteiger partial charge in [-0.1, -0.05) is 0 Å². The Morgan fingerprint density at radius 3 is 2.82 bits per heavy atom. The van der Waals surface area contributed by atoms with E-state index < -0.39 is 0 Å². The van der Waals surface area contributed by atoms with Gasteiger partial charge in [-0.25, -0.2) is 0 Å². The van der Waals surface area contributed by atoms with Gasteiger partial charge in [0.1, 0.15) is 0 Å². The third-order valence-corrected chi connectivity index (χ3v) is 4.06. The summed E-state index contributed by atoms with van der Waals surface area (Å²) in [5.74, 6) is 2.81. The van der Waals surface area contributed by atoms with E-state index in [-0.39, 0.29) is 0 Å². The lowest BCUT2D eigenvalue weighted by Crippen LogP contribution is -2.36. The van der Waals surface area contributed by atoms with Gasteiger partial charge in [0.25, 0.3) is 0 Å². The van der Waals surface area contributed by atoms with E-state index in [1.54, 1.807) is 0 Å². The summed E-state index contributed by atoms with van der Waals surface area (Å²) in [7, 11) is 0. The molecular formula is C9H16N2. The topological polar surface area (TPSA) is 38.0 Å². The van der Waals surface area contributed by atoms with Crippen molar-refractivity contribution < 1.29 is 0 Å². The molecule has 3 rings (SSSR count). The van der Waals surface area contributed by atoms with Crippen molar-refractivity contribution in [2.45, 2.75) is 31.3 Å². The third-order valence-electron chi connectivity index (χ3n) is 4.06. The fraction of sp³-hybridized carbons (Fsp3) is 1.00. The fourth-order valence-electron chi connectivity index (χ4n) is 3.66. The smallest absolute Gasteiger partial charge is 0.0211 e. The molecule has 2 saturated carbocycles. The first-order valence-corrected chi connectivity index (χ1v) is 4.85. The highest BCUT2D eigenvalue weighted by molar-refractivity contribution is 5.08. The maximum Gasteiger partial charge on any atom is 0.0211 e. The number of nitrogens with one attached hydrogen (secondary N) is 1. The van der Waals surface area contributed by atoms with Crippen molar-refractivity contribution in [3.05, 3.63) is 0 Å². The van der Waals surface area contributed by atoms with E-state index in [0.29, 0.717) is 6.04 Å². The van der Waals surface area contributed by atoms with Crippen LogP contribution in [0.15, 0.2) is 0 Å². The Morgan fingerprint density at radius 1 is 1.18 bits per heavy atom. The van der Waals surface area contributed by atoms with Crippen molar-refractivity contribution in [2.24, 2.45) is 23.5 Å². The number of rotatable bonds is 0. The van der Waals surface area contributed by atoms with Crippen LogP contribution in [0.4, 0.5) is 0 Å². The Morgan fingerprint density at radius 2 is 2.00 bits per heavy atom. The zero-order chi connectivity index (χ0) is 7.42. The second kappa shape index (κ2) is 1.99. The minimum atomic E-state index is 0.468. The summed E-state index contributed by atoms with van der Waals surface area (Å²) in [6.45, 7) is 1.07. The quantitative estimate of drug-likeness (QED) is 0.525. The maximum atomic E-state index is 6.04. The molecule has 0 aromatic rings. The van der Waals surface area contributed by atoms with Crippen LogP contribution in [0, 0.1) is 17.8 Å². The summed E-state index contributed by atoms with van der Waals surface area (Å²) in [4.78, 5) is 0. The van der Waals surface area contributed by atoms with E-state index >= 15 is 0 Å². The summed E-state index contributed by atoms with van der Waals surface area (Å²) in [5.41, 5.74) is 6.04. The van der Waals surface area contributed by atoms with Crippen molar-refractivity contribution >= 4 is 0 Å². The molecule has 0 radical (unpaired) electrons. The van der Waals surface area contributed by atoms with Gasteiger partial charge in [-0.15, -0.1) is 0 Å². The monoisotopic (exact) mass is 152 g/mol. The van der Waals surface area contributed by atoms with Crippen molar-refractivity contribution in [1.82, 2.24) is 5.32 Å². The number of hydrogen-bond donors (Lipinski definition) is 2. The Labute approximate surface area is 67.5 Å². The first kappa shape index (κ1) is 6.44. The predicted molar refractivity (Wildman–Crippen MR) is 44.1 cm³/mol. The molecule has 0 unspecified atom stereocenters. The van der Waals surface area contributed by atoms with Crippen molar-refractivity contribution in [3.8, 4) is 0 Å². The molecule has 1 aliphatic heterocycles. The minimum absolute atomic E-state index is 0.468. The van der Waals surface area contributed by atoms with Gasteiger partial charge >= 0.3 is 0 Å². The lowest BCUT2D eigenvalue weighted by molar-refractivity contribution is 0.289. The highest BCUT2D eigenvalue weighted by Gasteiger charge is 2.52. The zero-order valence-electron chi connectivity index (χ0n) is 6.79. The van der Waals surface area contributed by atoms with Crippen LogP contribution in [0.3, 0.4) is 0 Å². The molecule has 1 heterocycles. The number of nitrogens with two attached hydrogens (primary N) is 1. The van der Waals surface area contributed by atoms with Gasteiger partial charge < -0.3 is 11.1 Å². The molecule has 0 aromatic heterocycles. The Kier molecular flexibility index (Phi) is 1.16. The van der Waals surface area contributed by atoms with Gasteiger partial charge in [0.2, 0.25) is 0 Å². The van der Waals surface area contributed by atoms with Crippen molar-refractivity contribution in [3.63, 3.8) is 0 Å². The Balaban J connectivity index is 1.91. The Bertz CT molecular complexity index is 180. The van der Waals surface area contributed by atoms with E-state index in [2.05, 4.69) is 5.32 Å². The summed E-state index contributed by atoms with van der Waals surface area (Å²) in [5, 5.41) is 3.57. The summed E-state index contributed by atoms with van der Waals surface area (Å²) in [6, 6.07) is 1.28. The highest BCUT2D eigenvalue weighted by atomic mass is 15.0. The van der Waals surface area contributed by atoms with Crippen LogP contribution < -0.4 is 11.1 Å². The van der Waals surface area contributed by atoms with E-state index in [9.17, 15) is 0 Å². The average Bonchev–Trinajstić information content (AvgIpc) is 2.60. The molecule has 2 aliphatic carbocycles. The minimum Gasteiger partial charge on any atom is -0.326 e. The second-order valence-corrected chi connectivity index (χ2v) is 4.51. The van der Waals surface area contributed by atoms with Crippen LogP contribution >= 0.6 is 0 Å². The molecule has 5 atom stereocenters. The van der Waals surface area contributed by atoms with Crippen LogP contribution in [0.25, 0.3) is 0 Å². The van der Waals surface area contributed by atoms with E-state index in [0.717, 1.165) is 30.3 Å². The number of fused-ring (bicyclic) bond motifs is 5. The van der Waals surface area contributed by atoms with Crippen LogP contribution in [0.5, 0.6) is 0 Å². The first-order valence-electron chi connectivity index (χ1n) is 4.85. The van der Waals surface area contributed by atoms with Crippen LogP contribution in [0.2, 0.25) is 0 Å². The van der Waals surface area contributed by atoms with Crippen LogP contribution in [-0.2, 0) is 0 Å². The summed E-state index contributed by atoms with van der Waals surface area (Å²) in [6.07, 6.45) is 4.39. The molecule has 11 heavy (non-hydrogen) atoms. The molecule has 3 aliphatic rings. The molecule has 0 spiro atoms. The molecule has 62 valence electrons. The molecular weight excluding hydrogens is 136 g/mol. The maximum absolute atomic E-state index is 6.04. The lowest BCUT2D eigenvalue weighted by atomic mass is 9.83. The normalized spacial score (nSPS) is 60.3. The molecule has 2 heteroatoms. The van der Waals surface area contributed by atoms with E-state index in [1.165, 1.54) is 19.3 Å². The molecule has 0 aromatic carbocycles. The zero-order valence-corrected chi connectivity index (χ0v) is 6.79. The van der Waals surface area contributed by atoms with E-state index in [4.69, 9.17) is 5.73 Å². The Hall–Kier alpha value is -0.0800. The molecule has 3 N–H and O–H groups in total. The SMILES string of the molecule is N[C@@H]1CN[C@H]2[C@@H]3CC[C@@H](C3)[C@H]21. The van der Waals surface area contributed by atoms with Crippen LogP contribution in [-0.4, -0.2) is 18.6 Å². The highest BCUT2D eigenvalue weighted by Crippen LogP contribution is 2.51. The van der Waals surface area contributed by atoms with Gasteiger partial charge in [-0.2, -0.15) is 0 Å².